The molecule has 3 aromatic rings. The highest BCUT2D eigenvalue weighted by Gasteiger charge is 2.11. The van der Waals surface area contributed by atoms with Gasteiger partial charge in [0.05, 0.1) is 19.7 Å². The van der Waals surface area contributed by atoms with Crippen LogP contribution in [0.25, 0.3) is 10.9 Å². The van der Waals surface area contributed by atoms with Gasteiger partial charge in [-0.15, -0.1) is 0 Å². The Hall–Kier alpha value is -3.28. The number of rotatable bonds is 9. The van der Waals surface area contributed by atoms with E-state index in [1.54, 1.807) is 14.2 Å². The van der Waals surface area contributed by atoms with Crippen molar-refractivity contribution in [1.82, 2.24) is 10.3 Å². The summed E-state index contributed by atoms with van der Waals surface area (Å²) in [6, 6.07) is 17.6. The molecule has 0 spiro atoms. The zero-order chi connectivity index (χ0) is 19.8. The molecule has 1 heterocycles. The van der Waals surface area contributed by atoms with E-state index in [9.17, 15) is 4.79 Å². The molecule has 2 N–H and O–H groups in total. The summed E-state index contributed by atoms with van der Waals surface area (Å²) >= 11 is 0. The van der Waals surface area contributed by atoms with Crippen molar-refractivity contribution in [3.05, 3.63) is 60.2 Å². The Morgan fingerprint density at radius 2 is 1.82 bits per heavy atom. The lowest BCUT2D eigenvalue weighted by molar-refractivity contribution is -0.120. The fourth-order valence-electron chi connectivity index (χ4n) is 3.04. The third-order valence-electron chi connectivity index (χ3n) is 4.46. The molecule has 0 fully saturated rings. The molecule has 0 bridgehead atoms. The third-order valence-corrected chi connectivity index (χ3v) is 4.46. The van der Waals surface area contributed by atoms with Gasteiger partial charge in [-0.3, -0.25) is 4.79 Å². The third kappa shape index (κ3) is 4.91. The van der Waals surface area contributed by atoms with Gasteiger partial charge in [0.1, 0.15) is 5.82 Å². The number of ether oxygens (including phenoxy) is 2. The van der Waals surface area contributed by atoms with Crippen LogP contribution in [0.15, 0.2) is 54.6 Å². The van der Waals surface area contributed by atoms with Crippen LogP contribution >= 0.6 is 0 Å². The van der Waals surface area contributed by atoms with Gasteiger partial charge < -0.3 is 20.1 Å². The van der Waals surface area contributed by atoms with Crippen molar-refractivity contribution in [1.29, 1.82) is 0 Å². The van der Waals surface area contributed by atoms with Gasteiger partial charge in [0.15, 0.2) is 11.5 Å². The molecule has 3 rings (SSSR count). The van der Waals surface area contributed by atoms with E-state index in [1.807, 2.05) is 54.6 Å². The van der Waals surface area contributed by atoms with Gasteiger partial charge in [-0.2, -0.15) is 0 Å². The Morgan fingerprint density at radius 1 is 0.964 bits per heavy atom. The number of fused-ring (bicyclic) bond motifs is 1. The number of hydrogen-bond donors (Lipinski definition) is 2. The number of pyridine rings is 1. The van der Waals surface area contributed by atoms with Crippen LogP contribution in [0.4, 0.5) is 5.82 Å². The Bertz CT molecular complexity index is 943. The quantitative estimate of drug-likeness (QED) is 0.558. The summed E-state index contributed by atoms with van der Waals surface area (Å²) in [4.78, 5) is 16.7. The topological polar surface area (TPSA) is 72.5 Å². The van der Waals surface area contributed by atoms with Crippen molar-refractivity contribution in [2.45, 2.75) is 12.8 Å². The van der Waals surface area contributed by atoms with Gasteiger partial charge in [0.25, 0.3) is 0 Å². The average Bonchev–Trinajstić information content (AvgIpc) is 2.74. The number of benzene rings is 2. The van der Waals surface area contributed by atoms with Crippen LogP contribution in [0.2, 0.25) is 0 Å². The molecule has 146 valence electrons. The van der Waals surface area contributed by atoms with Crippen molar-refractivity contribution in [2.75, 3.05) is 32.6 Å². The maximum atomic E-state index is 12.1. The van der Waals surface area contributed by atoms with E-state index < -0.39 is 0 Å². The maximum Gasteiger partial charge on any atom is 0.220 e. The highest BCUT2D eigenvalue weighted by molar-refractivity contribution is 5.80. The summed E-state index contributed by atoms with van der Waals surface area (Å²) in [6.45, 7) is 1.14. The number of nitrogens with zero attached hydrogens (tertiary/aromatic N) is 1. The minimum absolute atomic E-state index is 0.00172. The number of amides is 1. The minimum Gasteiger partial charge on any atom is -0.493 e. The van der Waals surface area contributed by atoms with Crippen LogP contribution in [-0.4, -0.2) is 38.2 Å². The molecule has 0 saturated heterocycles. The Balaban J connectivity index is 1.43. The number of methoxy groups -OCH3 is 2. The van der Waals surface area contributed by atoms with Crippen molar-refractivity contribution >= 4 is 22.6 Å². The lowest BCUT2D eigenvalue weighted by atomic mass is 10.1. The number of aryl methyl sites for hydroxylation is 1. The van der Waals surface area contributed by atoms with E-state index in [1.165, 1.54) is 0 Å². The van der Waals surface area contributed by atoms with Crippen LogP contribution < -0.4 is 20.1 Å². The normalized spacial score (nSPS) is 10.5. The molecule has 0 radical (unpaired) electrons. The molecule has 6 nitrogen and oxygen atoms in total. The monoisotopic (exact) mass is 379 g/mol. The smallest absolute Gasteiger partial charge is 0.220 e. The SMILES string of the molecule is COc1cccc(CCC(=O)NCCNc2ccc3ccccc3n2)c1OC. The van der Waals surface area contributed by atoms with Crippen molar-refractivity contribution in [3.63, 3.8) is 0 Å². The number of aromatic nitrogens is 1. The van der Waals surface area contributed by atoms with Gasteiger partial charge in [-0.25, -0.2) is 4.98 Å². The first kappa shape index (κ1) is 19.5. The second-order valence-corrected chi connectivity index (χ2v) is 6.32. The van der Waals surface area contributed by atoms with Gasteiger partial charge >= 0.3 is 0 Å². The molecular formula is C22H25N3O3. The molecule has 1 amide bonds. The molecule has 28 heavy (non-hydrogen) atoms. The Morgan fingerprint density at radius 3 is 2.64 bits per heavy atom. The van der Waals surface area contributed by atoms with Gasteiger partial charge in [-0.05, 0) is 36.2 Å². The largest absolute Gasteiger partial charge is 0.493 e. The van der Waals surface area contributed by atoms with E-state index in [0.717, 1.165) is 22.3 Å². The summed E-state index contributed by atoms with van der Waals surface area (Å²) in [6.07, 6.45) is 0.976. The van der Waals surface area contributed by atoms with Crippen LogP contribution in [0, 0.1) is 0 Å². The molecular weight excluding hydrogens is 354 g/mol. The second-order valence-electron chi connectivity index (χ2n) is 6.32. The van der Waals surface area contributed by atoms with E-state index in [2.05, 4.69) is 15.6 Å². The maximum absolute atomic E-state index is 12.1. The number of carbonyl (C=O) groups is 1. The second kappa shape index (κ2) is 9.60. The van der Waals surface area contributed by atoms with Crippen LogP contribution in [0.1, 0.15) is 12.0 Å². The lowest BCUT2D eigenvalue weighted by Gasteiger charge is -2.12. The Kier molecular flexibility index (Phi) is 6.68. The number of carbonyl (C=O) groups excluding carboxylic acids is 1. The summed E-state index contributed by atoms with van der Waals surface area (Å²) < 4.78 is 10.7. The zero-order valence-electron chi connectivity index (χ0n) is 16.2. The molecule has 0 aliphatic carbocycles. The minimum atomic E-state index is -0.00172. The van der Waals surface area contributed by atoms with Crippen LogP contribution in [0.5, 0.6) is 11.5 Å². The first-order valence-electron chi connectivity index (χ1n) is 9.27. The van der Waals surface area contributed by atoms with E-state index in [4.69, 9.17) is 9.47 Å². The molecule has 6 heteroatoms. The van der Waals surface area contributed by atoms with Crippen molar-refractivity contribution in [2.24, 2.45) is 0 Å². The lowest BCUT2D eigenvalue weighted by Crippen LogP contribution is -2.29. The molecule has 2 aromatic carbocycles. The summed E-state index contributed by atoms with van der Waals surface area (Å²) in [7, 11) is 3.21. The van der Waals surface area contributed by atoms with Gasteiger partial charge in [0, 0.05) is 24.9 Å². The Labute approximate surface area is 164 Å². The molecule has 0 aliphatic heterocycles. The molecule has 0 unspecified atom stereocenters. The summed E-state index contributed by atoms with van der Waals surface area (Å²) in [5.41, 5.74) is 1.90. The van der Waals surface area contributed by atoms with E-state index in [0.29, 0.717) is 37.4 Å². The molecule has 1 aromatic heterocycles. The number of anilines is 1. The van der Waals surface area contributed by atoms with Gasteiger partial charge in [-0.1, -0.05) is 30.3 Å². The van der Waals surface area contributed by atoms with E-state index in [-0.39, 0.29) is 5.91 Å². The standard InChI is InChI=1S/C22H25N3O3/c1-27-19-9-5-7-17(22(19)28-2)11-13-21(26)24-15-14-23-20-12-10-16-6-3-4-8-18(16)25-20/h3-10,12H,11,13-15H2,1-2H3,(H,23,25)(H,24,26). The van der Waals surface area contributed by atoms with Gasteiger partial charge in [0.2, 0.25) is 5.91 Å². The fraction of sp³-hybridized carbons (Fsp3) is 0.273. The van der Waals surface area contributed by atoms with E-state index >= 15 is 0 Å². The number of para-hydroxylation sites is 2. The molecule has 0 aliphatic rings. The summed E-state index contributed by atoms with van der Waals surface area (Å²) in [5, 5.41) is 7.27. The number of nitrogens with one attached hydrogen (secondary N) is 2. The average molecular weight is 379 g/mol. The highest BCUT2D eigenvalue weighted by Crippen LogP contribution is 2.31. The fourth-order valence-corrected chi connectivity index (χ4v) is 3.04. The molecule has 0 atom stereocenters. The zero-order valence-corrected chi connectivity index (χ0v) is 16.2. The first-order chi connectivity index (χ1) is 13.7. The van der Waals surface area contributed by atoms with Crippen LogP contribution in [0.3, 0.4) is 0 Å². The predicted molar refractivity (Wildman–Crippen MR) is 111 cm³/mol. The molecule has 0 saturated carbocycles. The van der Waals surface area contributed by atoms with Crippen LogP contribution in [-0.2, 0) is 11.2 Å². The summed E-state index contributed by atoms with van der Waals surface area (Å²) in [5.74, 6) is 2.15. The highest BCUT2D eigenvalue weighted by atomic mass is 16.5. The van der Waals surface area contributed by atoms with Crippen molar-refractivity contribution < 1.29 is 14.3 Å². The number of hydrogen-bond acceptors (Lipinski definition) is 5. The first-order valence-corrected chi connectivity index (χ1v) is 9.27. The predicted octanol–water partition coefficient (Wildman–Crippen LogP) is 3.41. The van der Waals surface area contributed by atoms with Crippen molar-refractivity contribution in [3.8, 4) is 11.5 Å².